The predicted molar refractivity (Wildman–Crippen MR) is 49.0 cm³/mol. The highest BCUT2D eigenvalue weighted by Crippen LogP contribution is 2.11. The highest BCUT2D eigenvalue weighted by Gasteiger charge is 1.98. The first-order valence-corrected chi connectivity index (χ1v) is 4.16. The zero-order chi connectivity index (χ0) is 9.68. The lowest BCUT2D eigenvalue weighted by atomic mass is 10.2. The fourth-order valence-corrected chi connectivity index (χ4v) is 0.966. The van der Waals surface area contributed by atoms with Gasteiger partial charge in [0, 0.05) is 0 Å². The van der Waals surface area contributed by atoms with Crippen molar-refractivity contribution in [2.45, 2.75) is 13.3 Å². The Labute approximate surface area is 77.0 Å². The third kappa shape index (κ3) is 3.15. The van der Waals surface area contributed by atoms with Crippen molar-refractivity contribution in [2.75, 3.05) is 6.61 Å². The fourth-order valence-electron chi connectivity index (χ4n) is 0.966. The minimum absolute atomic E-state index is 0.286. The predicted octanol–water partition coefficient (Wildman–Crippen LogP) is 1.71. The first-order chi connectivity index (χ1) is 6.22. The van der Waals surface area contributed by atoms with Gasteiger partial charge in [0.25, 0.3) is 0 Å². The third-order valence-electron chi connectivity index (χ3n) is 1.69. The molecule has 0 fully saturated rings. The van der Waals surface area contributed by atoms with E-state index in [1.807, 2.05) is 12.1 Å². The van der Waals surface area contributed by atoms with Gasteiger partial charge >= 0.3 is 5.97 Å². The average molecular weight is 180 g/mol. The minimum Gasteiger partial charge on any atom is -0.482 e. The Kier molecular flexibility index (Phi) is 3.31. The van der Waals surface area contributed by atoms with Gasteiger partial charge in [0.1, 0.15) is 5.75 Å². The van der Waals surface area contributed by atoms with Crippen LogP contribution in [0, 0.1) is 0 Å². The van der Waals surface area contributed by atoms with Crippen molar-refractivity contribution in [1.82, 2.24) is 0 Å². The van der Waals surface area contributed by atoms with Gasteiger partial charge in [0.15, 0.2) is 6.61 Å². The maximum atomic E-state index is 10.2. The third-order valence-corrected chi connectivity index (χ3v) is 1.69. The molecule has 0 saturated heterocycles. The van der Waals surface area contributed by atoms with Crippen LogP contribution in [-0.2, 0) is 11.2 Å². The summed E-state index contributed by atoms with van der Waals surface area (Å²) in [6.07, 6.45) is 0.971. The van der Waals surface area contributed by atoms with Crippen molar-refractivity contribution in [3.8, 4) is 5.75 Å². The van der Waals surface area contributed by atoms with Crippen molar-refractivity contribution in [3.05, 3.63) is 29.8 Å². The Morgan fingerprint density at radius 2 is 2.00 bits per heavy atom. The van der Waals surface area contributed by atoms with Gasteiger partial charge in [-0.25, -0.2) is 4.79 Å². The van der Waals surface area contributed by atoms with Crippen LogP contribution in [0.3, 0.4) is 0 Å². The van der Waals surface area contributed by atoms with E-state index < -0.39 is 5.97 Å². The van der Waals surface area contributed by atoms with Gasteiger partial charge in [-0.15, -0.1) is 0 Å². The van der Waals surface area contributed by atoms with Gasteiger partial charge in [0.2, 0.25) is 0 Å². The van der Waals surface area contributed by atoms with Gasteiger partial charge in [-0.2, -0.15) is 0 Å². The van der Waals surface area contributed by atoms with Crippen LogP contribution in [0.15, 0.2) is 24.3 Å². The van der Waals surface area contributed by atoms with E-state index >= 15 is 0 Å². The molecule has 1 aromatic rings. The highest BCUT2D eigenvalue weighted by molar-refractivity contribution is 5.68. The number of aryl methyl sites for hydroxylation is 1. The molecule has 0 spiro atoms. The number of carboxylic acids is 1. The van der Waals surface area contributed by atoms with Crippen molar-refractivity contribution in [2.24, 2.45) is 0 Å². The van der Waals surface area contributed by atoms with E-state index in [0.717, 1.165) is 6.42 Å². The van der Waals surface area contributed by atoms with Crippen molar-refractivity contribution in [1.29, 1.82) is 0 Å². The Bertz CT molecular complexity index is 277. The smallest absolute Gasteiger partial charge is 0.341 e. The standard InChI is InChI=1S/C10H12O3/c1-2-8-3-5-9(6-4-8)13-7-10(11)12/h3-6H,2,7H2,1H3,(H,11,12). The van der Waals surface area contributed by atoms with E-state index in [0.29, 0.717) is 5.75 Å². The second-order valence-corrected chi connectivity index (χ2v) is 2.68. The molecule has 3 nitrogen and oxygen atoms in total. The number of hydrogen-bond acceptors (Lipinski definition) is 2. The molecule has 0 radical (unpaired) electrons. The average Bonchev–Trinajstić information content (AvgIpc) is 2.15. The Morgan fingerprint density at radius 3 is 2.46 bits per heavy atom. The molecule has 0 amide bonds. The molecule has 0 bridgehead atoms. The summed E-state index contributed by atoms with van der Waals surface area (Å²) in [6, 6.07) is 7.41. The molecule has 0 atom stereocenters. The van der Waals surface area contributed by atoms with Gasteiger partial charge < -0.3 is 9.84 Å². The summed E-state index contributed by atoms with van der Waals surface area (Å²) in [7, 11) is 0. The summed E-state index contributed by atoms with van der Waals surface area (Å²) in [6.45, 7) is 1.78. The molecule has 0 aliphatic heterocycles. The van der Waals surface area contributed by atoms with E-state index in [1.165, 1.54) is 5.56 Å². The van der Waals surface area contributed by atoms with Crippen molar-refractivity contribution in [3.63, 3.8) is 0 Å². The number of benzene rings is 1. The van der Waals surface area contributed by atoms with E-state index in [4.69, 9.17) is 9.84 Å². The molecule has 0 aliphatic rings. The largest absolute Gasteiger partial charge is 0.482 e. The van der Waals surface area contributed by atoms with E-state index in [2.05, 4.69) is 6.92 Å². The van der Waals surface area contributed by atoms with E-state index in [-0.39, 0.29) is 6.61 Å². The van der Waals surface area contributed by atoms with Crippen LogP contribution in [0.2, 0.25) is 0 Å². The quantitative estimate of drug-likeness (QED) is 0.767. The summed E-state index contributed by atoms with van der Waals surface area (Å²) < 4.78 is 4.97. The maximum absolute atomic E-state index is 10.2. The molecule has 0 heterocycles. The molecule has 1 aromatic carbocycles. The Hall–Kier alpha value is -1.51. The SMILES string of the molecule is CCc1ccc(OCC(=O)O)cc1. The van der Waals surface area contributed by atoms with Crippen LogP contribution >= 0.6 is 0 Å². The summed E-state index contributed by atoms with van der Waals surface area (Å²) in [5, 5.41) is 8.35. The summed E-state index contributed by atoms with van der Waals surface area (Å²) >= 11 is 0. The molecule has 1 rings (SSSR count). The monoisotopic (exact) mass is 180 g/mol. The minimum atomic E-state index is -0.959. The lowest BCUT2D eigenvalue weighted by molar-refractivity contribution is -0.139. The molecule has 0 unspecified atom stereocenters. The second kappa shape index (κ2) is 4.50. The normalized spacial score (nSPS) is 9.62. The Balaban J connectivity index is 2.54. The summed E-state index contributed by atoms with van der Waals surface area (Å²) in [5.74, 6) is -0.362. The molecular weight excluding hydrogens is 168 g/mol. The Morgan fingerprint density at radius 1 is 1.38 bits per heavy atom. The van der Waals surface area contributed by atoms with Crippen LogP contribution in [0.4, 0.5) is 0 Å². The number of aliphatic carboxylic acids is 1. The van der Waals surface area contributed by atoms with Crippen LogP contribution in [0.25, 0.3) is 0 Å². The van der Waals surface area contributed by atoms with E-state index in [9.17, 15) is 4.79 Å². The number of carbonyl (C=O) groups is 1. The maximum Gasteiger partial charge on any atom is 0.341 e. The molecule has 3 heteroatoms. The molecule has 0 aromatic heterocycles. The van der Waals surface area contributed by atoms with Gasteiger partial charge in [-0.3, -0.25) is 0 Å². The van der Waals surface area contributed by atoms with E-state index in [1.54, 1.807) is 12.1 Å². The fraction of sp³-hybridized carbons (Fsp3) is 0.300. The topological polar surface area (TPSA) is 46.5 Å². The molecule has 0 aliphatic carbocycles. The van der Waals surface area contributed by atoms with Crippen LogP contribution in [0.1, 0.15) is 12.5 Å². The number of carboxylic acid groups (broad SMARTS) is 1. The van der Waals surface area contributed by atoms with Crippen LogP contribution in [-0.4, -0.2) is 17.7 Å². The number of ether oxygens (including phenoxy) is 1. The molecule has 0 saturated carbocycles. The first kappa shape index (κ1) is 9.58. The lowest BCUT2D eigenvalue weighted by Crippen LogP contribution is -2.09. The number of hydrogen-bond donors (Lipinski definition) is 1. The summed E-state index contributed by atoms with van der Waals surface area (Å²) in [4.78, 5) is 10.2. The van der Waals surface area contributed by atoms with Crippen LogP contribution in [0.5, 0.6) is 5.75 Å². The molecular formula is C10H12O3. The van der Waals surface area contributed by atoms with Gasteiger partial charge in [0.05, 0.1) is 0 Å². The zero-order valence-electron chi connectivity index (χ0n) is 7.49. The van der Waals surface area contributed by atoms with Crippen molar-refractivity contribution < 1.29 is 14.6 Å². The van der Waals surface area contributed by atoms with Gasteiger partial charge in [-0.1, -0.05) is 19.1 Å². The summed E-state index contributed by atoms with van der Waals surface area (Å²) in [5.41, 5.74) is 1.21. The van der Waals surface area contributed by atoms with Gasteiger partial charge in [-0.05, 0) is 24.1 Å². The molecule has 1 N–H and O–H groups in total. The number of rotatable bonds is 4. The first-order valence-electron chi connectivity index (χ1n) is 4.16. The lowest BCUT2D eigenvalue weighted by Gasteiger charge is -2.03. The molecule has 70 valence electrons. The zero-order valence-corrected chi connectivity index (χ0v) is 7.49. The molecule has 13 heavy (non-hydrogen) atoms. The van der Waals surface area contributed by atoms with Crippen molar-refractivity contribution >= 4 is 5.97 Å². The highest BCUT2D eigenvalue weighted by atomic mass is 16.5. The second-order valence-electron chi connectivity index (χ2n) is 2.68. The van der Waals surface area contributed by atoms with Crippen LogP contribution < -0.4 is 4.74 Å².